The van der Waals surface area contributed by atoms with Crippen LogP contribution in [0.2, 0.25) is 5.02 Å². The molecule has 0 amide bonds. The highest BCUT2D eigenvalue weighted by atomic mass is 35.5. The number of aryl methyl sites for hydroxylation is 1. The van der Waals surface area contributed by atoms with Crippen LogP contribution in [0.15, 0.2) is 59.6 Å². The summed E-state index contributed by atoms with van der Waals surface area (Å²) in [5, 5.41) is 8.57. The zero-order valence-electron chi connectivity index (χ0n) is 12.4. The molecule has 22 heavy (non-hydrogen) atoms. The minimum atomic E-state index is 0.134. The third-order valence-electron chi connectivity index (χ3n) is 3.22. The van der Waals surface area contributed by atoms with E-state index in [2.05, 4.69) is 4.99 Å². The molecule has 0 spiro atoms. The van der Waals surface area contributed by atoms with Crippen molar-refractivity contribution in [3.05, 3.63) is 76.3 Å². The fourth-order valence-electron chi connectivity index (χ4n) is 2.03. The Balaban J connectivity index is 2.00. The van der Waals surface area contributed by atoms with Crippen molar-refractivity contribution >= 4 is 29.3 Å². The molecule has 4 heteroatoms. The standard InChI is InChI=1S/C18H18ClN3/c1-13-4-2-3-5-16(13)17(20)12-18(21)22-11-10-14-6-8-15(19)9-7-14/h2-9,11-12,21H,10,20H2,1H3. The highest BCUT2D eigenvalue weighted by Crippen LogP contribution is 2.14. The molecule has 3 N–H and O–H groups in total. The molecular weight excluding hydrogens is 294 g/mol. The fraction of sp³-hybridized carbons (Fsp3) is 0.111. The van der Waals surface area contributed by atoms with Gasteiger partial charge in [0.05, 0.1) is 0 Å². The molecule has 112 valence electrons. The van der Waals surface area contributed by atoms with Crippen LogP contribution < -0.4 is 5.73 Å². The van der Waals surface area contributed by atoms with Gasteiger partial charge in [0.15, 0.2) is 0 Å². The van der Waals surface area contributed by atoms with Crippen molar-refractivity contribution in [3.63, 3.8) is 0 Å². The summed E-state index contributed by atoms with van der Waals surface area (Å²) in [7, 11) is 0. The number of rotatable bonds is 4. The number of hydrogen-bond donors (Lipinski definition) is 2. The van der Waals surface area contributed by atoms with Gasteiger partial charge >= 0.3 is 0 Å². The van der Waals surface area contributed by atoms with E-state index >= 15 is 0 Å². The van der Waals surface area contributed by atoms with Crippen LogP contribution >= 0.6 is 11.6 Å². The molecule has 0 bridgehead atoms. The Morgan fingerprint density at radius 1 is 1.18 bits per heavy atom. The summed E-state index contributed by atoms with van der Waals surface area (Å²) in [6.45, 7) is 1.99. The summed E-state index contributed by atoms with van der Waals surface area (Å²) in [6, 6.07) is 15.4. The van der Waals surface area contributed by atoms with Gasteiger partial charge in [-0.25, -0.2) is 4.99 Å². The summed E-state index contributed by atoms with van der Waals surface area (Å²) < 4.78 is 0. The van der Waals surface area contributed by atoms with Crippen LogP contribution in [0, 0.1) is 12.3 Å². The number of benzene rings is 2. The van der Waals surface area contributed by atoms with Gasteiger partial charge in [0.25, 0.3) is 0 Å². The topological polar surface area (TPSA) is 62.2 Å². The van der Waals surface area contributed by atoms with E-state index in [-0.39, 0.29) is 5.84 Å². The monoisotopic (exact) mass is 311 g/mol. The van der Waals surface area contributed by atoms with Gasteiger partial charge in [-0.15, -0.1) is 0 Å². The molecule has 3 nitrogen and oxygen atoms in total. The quantitative estimate of drug-likeness (QED) is 0.644. The van der Waals surface area contributed by atoms with Gasteiger partial charge in [-0.05, 0) is 30.2 Å². The summed E-state index contributed by atoms with van der Waals surface area (Å²) in [6.07, 6.45) is 3.92. The highest BCUT2D eigenvalue weighted by Gasteiger charge is 2.00. The Morgan fingerprint density at radius 3 is 2.55 bits per heavy atom. The first-order valence-corrected chi connectivity index (χ1v) is 7.33. The summed E-state index contributed by atoms with van der Waals surface area (Å²) in [5.74, 6) is 0.134. The van der Waals surface area contributed by atoms with Crippen LogP contribution in [0.5, 0.6) is 0 Å². The van der Waals surface area contributed by atoms with Crippen LogP contribution in [0.3, 0.4) is 0 Å². The van der Waals surface area contributed by atoms with Crippen LogP contribution in [0.4, 0.5) is 0 Å². The maximum atomic E-state index is 7.86. The zero-order chi connectivity index (χ0) is 15.9. The highest BCUT2D eigenvalue weighted by molar-refractivity contribution is 6.30. The second-order valence-corrected chi connectivity index (χ2v) is 5.38. The molecule has 2 aromatic rings. The van der Waals surface area contributed by atoms with Crippen molar-refractivity contribution in [2.75, 3.05) is 0 Å². The average Bonchev–Trinajstić information content (AvgIpc) is 2.49. The Labute approximate surface area is 135 Å². The lowest BCUT2D eigenvalue weighted by Crippen LogP contribution is -2.02. The van der Waals surface area contributed by atoms with Gasteiger partial charge in [0, 0.05) is 35.0 Å². The largest absolute Gasteiger partial charge is 0.398 e. The molecule has 0 saturated heterocycles. The summed E-state index contributed by atoms with van der Waals surface area (Å²) in [4.78, 5) is 4.11. The molecule has 0 aliphatic carbocycles. The van der Waals surface area contributed by atoms with E-state index < -0.39 is 0 Å². The lowest BCUT2D eigenvalue weighted by Gasteiger charge is -2.05. The fourth-order valence-corrected chi connectivity index (χ4v) is 2.15. The van der Waals surface area contributed by atoms with E-state index in [0.717, 1.165) is 16.7 Å². The lowest BCUT2D eigenvalue weighted by molar-refractivity contribution is 1.34. The van der Waals surface area contributed by atoms with Gasteiger partial charge < -0.3 is 5.73 Å². The first-order chi connectivity index (χ1) is 10.6. The van der Waals surface area contributed by atoms with Crippen molar-refractivity contribution in [2.45, 2.75) is 13.3 Å². The van der Waals surface area contributed by atoms with Crippen molar-refractivity contribution < 1.29 is 0 Å². The third kappa shape index (κ3) is 4.57. The molecule has 0 heterocycles. The van der Waals surface area contributed by atoms with E-state index in [1.165, 1.54) is 0 Å². The lowest BCUT2D eigenvalue weighted by atomic mass is 10.1. The minimum absolute atomic E-state index is 0.134. The second-order valence-electron chi connectivity index (χ2n) is 4.94. The van der Waals surface area contributed by atoms with Crippen LogP contribution in [-0.2, 0) is 6.42 Å². The number of nitrogens with one attached hydrogen (secondary N) is 1. The predicted molar refractivity (Wildman–Crippen MR) is 94.7 cm³/mol. The molecule has 0 aliphatic heterocycles. The van der Waals surface area contributed by atoms with Gasteiger partial charge in [0.1, 0.15) is 5.84 Å². The van der Waals surface area contributed by atoms with E-state index in [1.807, 2.05) is 55.5 Å². The first-order valence-electron chi connectivity index (χ1n) is 6.95. The number of hydrogen-bond acceptors (Lipinski definition) is 2. The Hall–Kier alpha value is -2.39. The third-order valence-corrected chi connectivity index (χ3v) is 3.47. The molecule has 2 aromatic carbocycles. The number of amidine groups is 1. The molecule has 2 rings (SSSR count). The van der Waals surface area contributed by atoms with Crippen LogP contribution in [0.25, 0.3) is 5.70 Å². The van der Waals surface area contributed by atoms with Gasteiger partial charge in [-0.3, -0.25) is 5.41 Å². The first kappa shape index (κ1) is 16.0. The van der Waals surface area contributed by atoms with Gasteiger partial charge in [-0.2, -0.15) is 0 Å². The van der Waals surface area contributed by atoms with Crippen LogP contribution in [0.1, 0.15) is 16.7 Å². The van der Waals surface area contributed by atoms with Crippen molar-refractivity contribution in [1.29, 1.82) is 5.41 Å². The summed E-state index contributed by atoms with van der Waals surface area (Å²) in [5.41, 5.74) is 9.68. The van der Waals surface area contributed by atoms with Crippen LogP contribution in [-0.4, -0.2) is 12.1 Å². The van der Waals surface area contributed by atoms with Crippen molar-refractivity contribution in [3.8, 4) is 0 Å². The van der Waals surface area contributed by atoms with E-state index in [4.69, 9.17) is 22.7 Å². The molecule has 0 unspecified atom stereocenters. The van der Waals surface area contributed by atoms with Gasteiger partial charge in [0.2, 0.25) is 0 Å². The Kier molecular flexibility index (Phi) is 5.50. The molecule has 0 radical (unpaired) electrons. The molecular formula is C18H18ClN3. The normalized spacial score (nSPS) is 11.8. The molecule has 0 aromatic heterocycles. The van der Waals surface area contributed by atoms with Crippen molar-refractivity contribution in [1.82, 2.24) is 0 Å². The SMILES string of the molecule is Cc1ccccc1C(N)=CC(=N)N=CCc1ccc(Cl)cc1. The maximum absolute atomic E-state index is 7.86. The van der Waals surface area contributed by atoms with Crippen molar-refractivity contribution in [2.24, 2.45) is 10.7 Å². The molecule has 0 aliphatic rings. The van der Waals surface area contributed by atoms with E-state index in [1.54, 1.807) is 12.3 Å². The average molecular weight is 312 g/mol. The number of nitrogens with two attached hydrogens (primary N) is 1. The Morgan fingerprint density at radius 2 is 1.86 bits per heavy atom. The van der Waals surface area contributed by atoms with Gasteiger partial charge in [-0.1, -0.05) is 48.0 Å². The van der Waals surface area contributed by atoms with E-state index in [0.29, 0.717) is 17.1 Å². The number of halogens is 1. The second kappa shape index (κ2) is 7.57. The van der Waals surface area contributed by atoms with E-state index in [9.17, 15) is 0 Å². The Bertz CT molecular complexity index is 715. The minimum Gasteiger partial charge on any atom is -0.398 e. The summed E-state index contributed by atoms with van der Waals surface area (Å²) >= 11 is 5.84. The molecule has 0 saturated carbocycles. The smallest absolute Gasteiger partial charge is 0.146 e. The molecule has 0 atom stereocenters. The zero-order valence-corrected chi connectivity index (χ0v) is 13.1. The predicted octanol–water partition coefficient (Wildman–Crippen LogP) is 4.24. The maximum Gasteiger partial charge on any atom is 0.146 e. The number of nitrogens with zero attached hydrogens (tertiary/aromatic N) is 1. The molecule has 0 fully saturated rings. The number of aliphatic imine (C=N–C) groups is 1.